The number of piperidine rings is 1. The number of hydrogen-bond donors (Lipinski definition) is 1. The molecule has 1 fully saturated rings. The van der Waals surface area contributed by atoms with Gasteiger partial charge in [0.25, 0.3) is 5.91 Å². The Bertz CT molecular complexity index is 807. The van der Waals surface area contributed by atoms with Gasteiger partial charge in [-0.3, -0.25) is 9.59 Å². The zero-order chi connectivity index (χ0) is 19.2. The first kappa shape index (κ1) is 18.8. The van der Waals surface area contributed by atoms with Crippen LogP contribution >= 0.6 is 0 Å². The Morgan fingerprint density at radius 3 is 2.85 bits per heavy atom. The topological polar surface area (TPSA) is 84.4 Å². The number of carbonyl (C=O) groups is 2. The molecule has 27 heavy (non-hydrogen) atoms. The second-order valence-electron chi connectivity index (χ2n) is 6.56. The van der Waals surface area contributed by atoms with Crippen LogP contribution in [0.5, 0.6) is 5.88 Å². The highest BCUT2D eigenvalue weighted by Gasteiger charge is 2.29. The van der Waals surface area contributed by atoms with Gasteiger partial charge in [-0.25, -0.2) is 9.97 Å². The number of nitrogens with one attached hydrogen (secondary N) is 1. The average molecular weight is 368 g/mol. The molecule has 1 unspecified atom stereocenters. The van der Waals surface area contributed by atoms with E-state index in [-0.39, 0.29) is 17.7 Å². The molecule has 3 rings (SSSR count). The molecule has 0 spiro atoms. The van der Waals surface area contributed by atoms with Crippen LogP contribution in [0.25, 0.3) is 0 Å². The number of nitrogens with zero attached hydrogens (tertiary/aromatic N) is 3. The lowest BCUT2D eigenvalue weighted by Crippen LogP contribution is -2.43. The van der Waals surface area contributed by atoms with Gasteiger partial charge in [0, 0.05) is 31.0 Å². The lowest BCUT2D eigenvalue weighted by molar-refractivity contribution is -0.121. The lowest BCUT2D eigenvalue weighted by Gasteiger charge is -2.32. The number of amides is 2. The van der Waals surface area contributed by atoms with Crippen molar-refractivity contribution in [2.24, 2.45) is 5.92 Å². The molecule has 1 atom stereocenters. The Morgan fingerprint density at radius 2 is 2.15 bits per heavy atom. The highest BCUT2D eigenvalue weighted by Crippen LogP contribution is 2.20. The zero-order valence-corrected chi connectivity index (χ0v) is 15.6. The molecule has 0 bridgehead atoms. The summed E-state index contributed by atoms with van der Waals surface area (Å²) in [6.07, 6.45) is 3.06. The van der Waals surface area contributed by atoms with E-state index >= 15 is 0 Å². The van der Waals surface area contributed by atoms with Crippen molar-refractivity contribution < 1.29 is 14.3 Å². The average Bonchev–Trinajstić information content (AvgIpc) is 2.68. The molecule has 0 aromatic carbocycles. The summed E-state index contributed by atoms with van der Waals surface area (Å²) in [7, 11) is 0. The largest absolute Gasteiger partial charge is 0.478 e. The summed E-state index contributed by atoms with van der Waals surface area (Å²) in [5.74, 6) is 0.572. The second-order valence-corrected chi connectivity index (χ2v) is 6.56. The number of aromatic nitrogens is 2. The van der Waals surface area contributed by atoms with E-state index < -0.39 is 0 Å². The van der Waals surface area contributed by atoms with E-state index in [4.69, 9.17) is 4.74 Å². The van der Waals surface area contributed by atoms with Gasteiger partial charge in [0.15, 0.2) is 0 Å². The third-order valence-corrected chi connectivity index (χ3v) is 4.49. The summed E-state index contributed by atoms with van der Waals surface area (Å²) >= 11 is 0. The number of carbonyl (C=O) groups excluding carboxylic acids is 2. The minimum absolute atomic E-state index is 0.101. The molecule has 2 aromatic heterocycles. The molecule has 2 aromatic rings. The SMILES string of the molecule is CCOc1ccc(C(=O)N2CCCC(C(=O)Nc3cccc(C)n3)C2)cn1. The minimum atomic E-state index is -0.249. The summed E-state index contributed by atoms with van der Waals surface area (Å²) in [5, 5.41) is 2.86. The van der Waals surface area contributed by atoms with Crippen molar-refractivity contribution in [2.45, 2.75) is 26.7 Å². The third kappa shape index (κ3) is 4.81. The van der Waals surface area contributed by atoms with Gasteiger partial charge in [0.05, 0.1) is 18.1 Å². The molecule has 0 aliphatic carbocycles. The standard InChI is InChI=1S/C20H24N4O3/c1-3-27-18-10-9-15(12-21-18)20(26)24-11-5-7-16(13-24)19(25)23-17-8-4-6-14(2)22-17/h4,6,8-10,12,16H,3,5,7,11,13H2,1-2H3,(H,22,23,25). The van der Waals surface area contributed by atoms with Crippen LogP contribution in [0.4, 0.5) is 5.82 Å². The first-order valence-electron chi connectivity index (χ1n) is 9.19. The molecule has 1 aliphatic heterocycles. The van der Waals surface area contributed by atoms with Crippen molar-refractivity contribution >= 4 is 17.6 Å². The fraction of sp³-hybridized carbons (Fsp3) is 0.400. The van der Waals surface area contributed by atoms with Gasteiger partial charge < -0.3 is 15.0 Å². The quantitative estimate of drug-likeness (QED) is 0.877. The van der Waals surface area contributed by atoms with Gasteiger partial charge >= 0.3 is 0 Å². The smallest absolute Gasteiger partial charge is 0.255 e. The predicted molar refractivity (Wildman–Crippen MR) is 102 cm³/mol. The predicted octanol–water partition coefficient (Wildman–Crippen LogP) is 2.67. The molecule has 1 saturated heterocycles. The second kappa shape index (κ2) is 8.62. The zero-order valence-electron chi connectivity index (χ0n) is 15.6. The van der Waals surface area contributed by atoms with Crippen molar-refractivity contribution in [3.63, 3.8) is 0 Å². The van der Waals surface area contributed by atoms with Crippen LogP contribution in [-0.4, -0.2) is 46.4 Å². The number of hydrogen-bond acceptors (Lipinski definition) is 5. The van der Waals surface area contributed by atoms with E-state index in [0.717, 1.165) is 18.5 Å². The molecule has 3 heterocycles. The summed E-state index contributed by atoms with van der Waals surface area (Å²) in [4.78, 5) is 35.5. The molecule has 1 aliphatic rings. The van der Waals surface area contributed by atoms with Gasteiger partial charge in [0.1, 0.15) is 5.82 Å². The molecule has 1 N–H and O–H groups in total. The number of pyridine rings is 2. The molecule has 0 saturated carbocycles. The Hall–Kier alpha value is -2.96. The molecule has 0 radical (unpaired) electrons. The van der Waals surface area contributed by atoms with Crippen LogP contribution < -0.4 is 10.1 Å². The number of ether oxygens (including phenoxy) is 1. The summed E-state index contributed by atoms with van der Waals surface area (Å²) in [5.41, 5.74) is 1.34. The van der Waals surface area contributed by atoms with E-state index in [1.807, 2.05) is 26.0 Å². The van der Waals surface area contributed by atoms with Crippen LogP contribution in [-0.2, 0) is 4.79 Å². The van der Waals surface area contributed by atoms with Crippen molar-refractivity contribution in [3.8, 4) is 5.88 Å². The van der Waals surface area contributed by atoms with Crippen LogP contribution in [0.15, 0.2) is 36.5 Å². The van der Waals surface area contributed by atoms with Crippen molar-refractivity contribution in [1.29, 1.82) is 0 Å². The van der Waals surface area contributed by atoms with Gasteiger partial charge in [-0.05, 0) is 44.9 Å². The van der Waals surface area contributed by atoms with Gasteiger partial charge in [-0.15, -0.1) is 0 Å². The summed E-state index contributed by atoms with van der Waals surface area (Å²) < 4.78 is 5.30. The molecule has 7 nitrogen and oxygen atoms in total. The summed E-state index contributed by atoms with van der Waals surface area (Å²) in [6, 6.07) is 8.90. The van der Waals surface area contributed by atoms with Crippen LogP contribution in [0.3, 0.4) is 0 Å². The Kier molecular flexibility index (Phi) is 6.01. The molecule has 7 heteroatoms. The fourth-order valence-electron chi connectivity index (χ4n) is 3.14. The maximum Gasteiger partial charge on any atom is 0.255 e. The van der Waals surface area contributed by atoms with Crippen LogP contribution in [0.1, 0.15) is 35.8 Å². The van der Waals surface area contributed by atoms with Crippen molar-refractivity contribution in [2.75, 3.05) is 25.0 Å². The highest BCUT2D eigenvalue weighted by atomic mass is 16.5. The van der Waals surface area contributed by atoms with E-state index in [1.54, 1.807) is 23.1 Å². The Labute approximate surface area is 158 Å². The van der Waals surface area contributed by atoms with Gasteiger partial charge in [-0.1, -0.05) is 6.07 Å². The number of rotatable bonds is 5. The Morgan fingerprint density at radius 1 is 1.30 bits per heavy atom. The third-order valence-electron chi connectivity index (χ3n) is 4.49. The number of anilines is 1. The van der Waals surface area contributed by atoms with Crippen molar-refractivity contribution in [1.82, 2.24) is 14.9 Å². The maximum atomic E-state index is 12.7. The van der Waals surface area contributed by atoms with Gasteiger partial charge in [-0.2, -0.15) is 0 Å². The van der Waals surface area contributed by atoms with Crippen LogP contribution in [0, 0.1) is 12.8 Å². The first-order chi connectivity index (χ1) is 13.1. The fourth-order valence-corrected chi connectivity index (χ4v) is 3.14. The molecular formula is C20H24N4O3. The van der Waals surface area contributed by atoms with Gasteiger partial charge in [0.2, 0.25) is 11.8 Å². The number of aryl methyl sites for hydroxylation is 1. The van der Waals surface area contributed by atoms with E-state index in [9.17, 15) is 9.59 Å². The summed E-state index contributed by atoms with van der Waals surface area (Å²) in [6.45, 7) is 5.31. The normalized spacial score (nSPS) is 16.7. The van der Waals surface area contributed by atoms with Crippen molar-refractivity contribution in [3.05, 3.63) is 47.8 Å². The molecular weight excluding hydrogens is 344 g/mol. The van der Waals surface area contributed by atoms with Crippen LogP contribution in [0.2, 0.25) is 0 Å². The molecule has 2 amide bonds. The van der Waals surface area contributed by atoms with E-state index in [0.29, 0.717) is 37.0 Å². The highest BCUT2D eigenvalue weighted by molar-refractivity contribution is 5.95. The van der Waals surface area contributed by atoms with E-state index in [2.05, 4.69) is 15.3 Å². The lowest BCUT2D eigenvalue weighted by atomic mass is 9.96. The monoisotopic (exact) mass is 368 g/mol. The maximum absolute atomic E-state index is 12.7. The minimum Gasteiger partial charge on any atom is -0.478 e. The van der Waals surface area contributed by atoms with E-state index in [1.165, 1.54) is 6.20 Å². The Balaban J connectivity index is 1.62. The molecule has 142 valence electrons. The number of likely N-dealkylation sites (tertiary alicyclic amines) is 1. The first-order valence-corrected chi connectivity index (χ1v) is 9.19.